The number of amides is 1. The molecule has 0 aliphatic heterocycles. The van der Waals surface area contributed by atoms with E-state index in [9.17, 15) is 18.0 Å². The van der Waals surface area contributed by atoms with E-state index in [4.69, 9.17) is 0 Å². The minimum absolute atomic E-state index is 0.188. The van der Waals surface area contributed by atoms with E-state index >= 15 is 0 Å². The molecular formula is C12H14F3NOS. The number of halogens is 3. The lowest BCUT2D eigenvalue weighted by atomic mass is 10.1. The topological polar surface area (TPSA) is 29.1 Å². The van der Waals surface area contributed by atoms with Crippen LogP contribution in [-0.4, -0.2) is 23.5 Å². The number of hydrogen-bond donors (Lipinski definition) is 1. The summed E-state index contributed by atoms with van der Waals surface area (Å²) in [6.45, 7) is 4.18. The van der Waals surface area contributed by atoms with Crippen molar-refractivity contribution in [1.82, 2.24) is 5.32 Å². The third kappa shape index (κ3) is 3.66. The number of thioether (sulfide) groups is 1. The maximum absolute atomic E-state index is 12.9. The minimum Gasteiger partial charge on any atom is -0.351 e. The molecule has 0 unspecified atom stereocenters. The van der Waals surface area contributed by atoms with Crippen molar-refractivity contribution in [1.29, 1.82) is 0 Å². The fourth-order valence-corrected chi connectivity index (χ4v) is 1.37. The Bertz CT molecular complexity index is 440. The Morgan fingerprint density at radius 3 is 2.22 bits per heavy atom. The van der Waals surface area contributed by atoms with E-state index in [-0.39, 0.29) is 10.3 Å². The first-order valence-corrected chi connectivity index (χ1v) is 6.47. The number of carbonyl (C=O) groups excluding carboxylic acids is 1. The van der Waals surface area contributed by atoms with Crippen LogP contribution in [0.15, 0.2) is 12.1 Å². The third-order valence-corrected chi connectivity index (χ3v) is 3.72. The van der Waals surface area contributed by atoms with E-state index in [0.717, 1.165) is 0 Å². The van der Waals surface area contributed by atoms with Gasteiger partial charge in [-0.05, 0) is 32.2 Å². The van der Waals surface area contributed by atoms with Crippen LogP contribution in [0.2, 0.25) is 0 Å². The van der Waals surface area contributed by atoms with Crippen molar-refractivity contribution in [3.05, 3.63) is 35.1 Å². The molecule has 0 radical (unpaired) electrons. The monoisotopic (exact) mass is 277 g/mol. The maximum Gasteiger partial charge on any atom is 0.251 e. The van der Waals surface area contributed by atoms with Crippen molar-refractivity contribution < 1.29 is 18.0 Å². The van der Waals surface area contributed by atoms with Gasteiger partial charge in [-0.3, -0.25) is 4.79 Å². The molecule has 0 aromatic heterocycles. The molecule has 1 aromatic rings. The van der Waals surface area contributed by atoms with Crippen LogP contribution in [0.5, 0.6) is 0 Å². The van der Waals surface area contributed by atoms with Crippen LogP contribution in [0.1, 0.15) is 24.2 Å². The van der Waals surface area contributed by atoms with Gasteiger partial charge in [-0.25, -0.2) is 13.2 Å². The molecule has 0 heterocycles. The van der Waals surface area contributed by atoms with Gasteiger partial charge >= 0.3 is 0 Å². The summed E-state index contributed by atoms with van der Waals surface area (Å²) in [6, 6.07) is 1.36. The van der Waals surface area contributed by atoms with Crippen molar-refractivity contribution in [2.75, 3.05) is 12.8 Å². The zero-order valence-electron chi connectivity index (χ0n) is 10.3. The molecule has 1 amide bonds. The highest BCUT2D eigenvalue weighted by Crippen LogP contribution is 2.20. The Labute approximate surface area is 108 Å². The summed E-state index contributed by atoms with van der Waals surface area (Å²) in [5.74, 6) is -4.94. The SMILES string of the molecule is CSC(C)(C)CNC(=O)c1cc(F)c(F)c(F)c1. The van der Waals surface area contributed by atoms with E-state index in [0.29, 0.717) is 18.7 Å². The van der Waals surface area contributed by atoms with Crippen molar-refractivity contribution in [2.24, 2.45) is 0 Å². The lowest BCUT2D eigenvalue weighted by molar-refractivity contribution is 0.0949. The van der Waals surface area contributed by atoms with E-state index in [1.54, 1.807) is 11.8 Å². The first kappa shape index (κ1) is 14.9. The molecule has 6 heteroatoms. The van der Waals surface area contributed by atoms with Crippen molar-refractivity contribution in [2.45, 2.75) is 18.6 Å². The molecule has 0 saturated carbocycles. The first-order valence-electron chi connectivity index (χ1n) is 5.25. The molecule has 2 nitrogen and oxygen atoms in total. The van der Waals surface area contributed by atoms with E-state index < -0.39 is 23.4 Å². The molecule has 0 bridgehead atoms. The molecule has 0 aliphatic carbocycles. The van der Waals surface area contributed by atoms with Crippen LogP contribution < -0.4 is 5.32 Å². The van der Waals surface area contributed by atoms with Gasteiger partial charge in [0.2, 0.25) is 0 Å². The van der Waals surface area contributed by atoms with Crippen LogP contribution in [0.3, 0.4) is 0 Å². The Balaban J connectivity index is 2.80. The highest BCUT2D eigenvalue weighted by molar-refractivity contribution is 7.99. The molecule has 0 atom stereocenters. The van der Waals surface area contributed by atoms with E-state index in [2.05, 4.69) is 5.32 Å². The van der Waals surface area contributed by atoms with Gasteiger partial charge < -0.3 is 5.32 Å². The second-order valence-corrected chi connectivity index (χ2v) is 5.91. The first-order chi connectivity index (χ1) is 8.26. The quantitative estimate of drug-likeness (QED) is 0.857. The van der Waals surface area contributed by atoms with Crippen molar-refractivity contribution in [3.8, 4) is 0 Å². The third-order valence-electron chi connectivity index (χ3n) is 2.47. The summed E-state index contributed by atoms with van der Waals surface area (Å²) in [6.07, 6.45) is 1.89. The van der Waals surface area contributed by atoms with Crippen LogP contribution >= 0.6 is 11.8 Å². The molecule has 1 N–H and O–H groups in total. The Hall–Kier alpha value is -1.17. The van der Waals surface area contributed by atoms with Crippen molar-refractivity contribution >= 4 is 17.7 Å². The predicted molar refractivity (Wildman–Crippen MR) is 66.2 cm³/mol. The highest BCUT2D eigenvalue weighted by Gasteiger charge is 2.19. The second kappa shape index (κ2) is 5.65. The fraction of sp³-hybridized carbons (Fsp3) is 0.417. The molecule has 1 aromatic carbocycles. The maximum atomic E-state index is 12.9. The Kier molecular flexibility index (Phi) is 4.67. The van der Waals surface area contributed by atoms with Crippen LogP contribution in [-0.2, 0) is 0 Å². The number of benzene rings is 1. The molecular weight excluding hydrogens is 263 g/mol. The summed E-state index contributed by atoms with van der Waals surface area (Å²) >= 11 is 1.55. The summed E-state index contributed by atoms with van der Waals surface area (Å²) in [4.78, 5) is 11.6. The van der Waals surface area contributed by atoms with E-state index in [1.165, 1.54) is 0 Å². The minimum atomic E-state index is -1.57. The fourth-order valence-electron chi connectivity index (χ4n) is 1.15. The summed E-state index contributed by atoms with van der Waals surface area (Å²) in [5, 5.41) is 2.55. The lowest BCUT2D eigenvalue weighted by Gasteiger charge is -2.22. The molecule has 0 spiro atoms. The Morgan fingerprint density at radius 1 is 1.28 bits per heavy atom. The van der Waals surface area contributed by atoms with Gasteiger partial charge in [-0.2, -0.15) is 11.8 Å². The average Bonchev–Trinajstić information content (AvgIpc) is 2.32. The zero-order chi connectivity index (χ0) is 13.9. The van der Waals surface area contributed by atoms with Gasteiger partial charge in [-0.1, -0.05) is 0 Å². The van der Waals surface area contributed by atoms with Gasteiger partial charge in [0.25, 0.3) is 5.91 Å². The largest absolute Gasteiger partial charge is 0.351 e. The standard InChI is InChI=1S/C12H14F3NOS/c1-12(2,18-3)6-16-11(17)7-4-8(13)10(15)9(14)5-7/h4-5H,6H2,1-3H3,(H,16,17). The van der Waals surface area contributed by atoms with Gasteiger partial charge in [-0.15, -0.1) is 0 Å². The summed E-state index contributed by atoms with van der Waals surface area (Å²) in [7, 11) is 0. The highest BCUT2D eigenvalue weighted by atomic mass is 32.2. The van der Waals surface area contributed by atoms with Crippen LogP contribution in [0.4, 0.5) is 13.2 Å². The zero-order valence-corrected chi connectivity index (χ0v) is 11.1. The summed E-state index contributed by atoms with van der Waals surface area (Å²) in [5.41, 5.74) is -0.233. The van der Waals surface area contributed by atoms with Gasteiger partial charge in [0, 0.05) is 16.9 Å². The molecule has 1 rings (SSSR count). The normalized spacial score (nSPS) is 11.4. The van der Waals surface area contributed by atoms with E-state index in [1.807, 2.05) is 20.1 Å². The van der Waals surface area contributed by atoms with Crippen LogP contribution in [0, 0.1) is 17.5 Å². The number of rotatable bonds is 4. The van der Waals surface area contributed by atoms with Crippen LogP contribution in [0.25, 0.3) is 0 Å². The van der Waals surface area contributed by atoms with Gasteiger partial charge in [0.15, 0.2) is 17.5 Å². The smallest absolute Gasteiger partial charge is 0.251 e. The van der Waals surface area contributed by atoms with Crippen molar-refractivity contribution in [3.63, 3.8) is 0 Å². The van der Waals surface area contributed by atoms with Gasteiger partial charge in [0.1, 0.15) is 0 Å². The number of hydrogen-bond acceptors (Lipinski definition) is 2. The predicted octanol–water partition coefficient (Wildman–Crippen LogP) is 2.98. The molecule has 0 aliphatic rings. The Morgan fingerprint density at radius 2 is 1.78 bits per heavy atom. The molecule has 0 fully saturated rings. The lowest BCUT2D eigenvalue weighted by Crippen LogP contribution is -2.36. The number of carbonyl (C=O) groups is 1. The summed E-state index contributed by atoms with van der Waals surface area (Å²) < 4.78 is 38.4. The molecule has 100 valence electrons. The molecule has 18 heavy (non-hydrogen) atoms. The van der Waals surface area contributed by atoms with Gasteiger partial charge in [0.05, 0.1) is 0 Å². The average molecular weight is 277 g/mol. The second-order valence-electron chi connectivity index (χ2n) is 4.40. The number of nitrogens with one attached hydrogen (secondary N) is 1. The molecule has 0 saturated heterocycles.